The number of fused-ring (bicyclic) bond motifs is 1. The topological polar surface area (TPSA) is 69.2 Å². The lowest BCUT2D eigenvalue weighted by Gasteiger charge is -2.14. The Labute approximate surface area is 115 Å². The van der Waals surface area contributed by atoms with Gasteiger partial charge in [-0.25, -0.2) is 9.37 Å². The number of hydrogen-bond donors (Lipinski definition) is 2. The van der Waals surface area contributed by atoms with E-state index in [4.69, 9.17) is 0 Å². The number of aromatic amines is 1. The average Bonchev–Trinajstić information content (AvgIpc) is 3.03. The van der Waals surface area contributed by atoms with Crippen molar-refractivity contribution < 1.29 is 14.3 Å². The monoisotopic (exact) mass is 277 g/mol. The van der Waals surface area contributed by atoms with Gasteiger partial charge in [0.05, 0.1) is 11.6 Å². The van der Waals surface area contributed by atoms with Gasteiger partial charge >= 0.3 is 0 Å². The van der Waals surface area contributed by atoms with Crippen molar-refractivity contribution in [3.63, 3.8) is 0 Å². The Bertz CT molecular complexity index is 640. The maximum Gasteiger partial charge on any atom is 0.223 e. The van der Waals surface area contributed by atoms with Gasteiger partial charge in [-0.05, 0) is 18.6 Å². The van der Waals surface area contributed by atoms with E-state index >= 15 is 0 Å². The van der Waals surface area contributed by atoms with Crippen molar-refractivity contribution in [2.24, 2.45) is 0 Å². The molecule has 1 aliphatic heterocycles. The molecular weight excluding hydrogens is 261 g/mol. The maximum atomic E-state index is 13.5. The molecular formula is C14H16FN3O2. The predicted octanol–water partition coefficient (Wildman–Crippen LogP) is 1.23. The van der Waals surface area contributed by atoms with Gasteiger partial charge in [-0.15, -0.1) is 0 Å². The summed E-state index contributed by atoms with van der Waals surface area (Å²) < 4.78 is 13.5. The number of amides is 1. The molecule has 1 aromatic carbocycles. The third kappa shape index (κ3) is 2.51. The normalized spacial score (nSPS) is 18.9. The predicted molar refractivity (Wildman–Crippen MR) is 71.6 cm³/mol. The summed E-state index contributed by atoms with van der Waals surface area (Å²) in [6, 6.07) is 4.74. The molecule has 20 heavy (non-hydrogen) atoms. The highest BCUT2D eigenvalue weighted by Gasteiger charge is 2.24. The number of aliphatic hydroxyl groups is 1. The lowest BCUT2D eigenvalue weighted by Crippen LogP contribution is -2.29. The van der Waals surface area contributed by atoms with Crippen molar-refractivity contribution in [2.45, 2.75) is 25.4 Å². The second kappa shape index (κ2) is 5.20. The Hall–Kier alpha value is -1.95. The summed E-state index contributed by atoms with van der Waals surface area (Å²) in [5, 5.41) is 9.41. The molecule has 0 radical (unpaired) electrons. The Morgan fingerprint density at radius 2 is 2.40 bits per heavy atom. The van der Waals surface area contributed by atoms with Gasteiger partial charge in [0.25, 0.3) is 0 Å². The van der Waals surface area contributed by atoms with E-state index in [1.54, 1.807) is 17.0 Å². The summed E-state index contributed by atoms with van der Waals surface area (Å²) in [4.78, 5) is 20.8. The van der Waals surface area contributed by atoms with Crippen molar-refractivity contribution in [3.05, 3.63) is 29.8 Å². The molecule has 1 saturated heterocycles. The molecule has 2 N–H and O–H groups in total. The molecule has 1 aliphatic rings. The molecule has 5 nitrogen and oxygen atoms in total. The minimum Gasteiger partial charge on any atom is -0.391 e. The number of carbonyl (C=O) groups excluding carboxylic acids is 1. The number of aryl methyl sites for hydroxylation is 1. The van der Waals surface area contributed by atoms with Crippen molar-refractivity contribution in [1.29, 1.82) is 0 Å². The Morgan fingerprint density at radius 1 is 1.55 bits per heavy atom. The van der Waals surface area contributed by atoms with Crippen molar-refractivity contribution in [1.82, 2.24) is 14.9 Å². The lowest BCUT2D eigenvalue weighted by atomic mass is 10.2. The molecule has 1 fully saturated rings. The zero-order valence-electron chi connectivity index (χ0n) is 11.0. The van der Waals surface area contributed by atoms with Crippen LogP contribution >= 0.6 is 0 Å². The Kier molecular flexibility index (Phi) is 3.40. The van der Waals surface area contributed by atoms with E-state index in [1.807, 2.05) is 0 Å². The number of nitrogens with one attached hydrogen (secondary N) is 1. The van der Waals surface area contributed by atoms with Crippen molar-refractivity contribution in [3.8, 4) is 0 Å². The quantitative estimate of drug-likeness (QED) is 0.886. The molecule has 6 heteroatoms. The van der Waals surface area contributed by atoms with E-state index < -0.39 is 6.10 Å². The molecule has 1 aromatic heterocycles. The van der Waals surface area contributed by atoms with E-state index in [9.17, 15) is 14.3 Å². The first-order valence-corrected chi connectivity index (χ1v) is 6.72. The average molecular weight is 277 g/mol. The number of aliphatic hydroxyl groups excluding tert-OH is 1. The van der Waals surface area contributed by atoms with Crippen LogP contribution in [0.15, 0.2) is 18.2 Å². The van der Waals surface area contributed by atoms with E-state index in [0.29, 0.717) is 49.2 Å². The minimum atomic E-state index is -0.403. The Balaban J connectivity index is 1.65. The van der Waals surface area contributed by atoms with Crippen LogP contribution in [0.25, 0.3) is 11.0 Å². The number of hydrogen-bond acceptors (Lipinski definition) is 3. The van der Waals surface area contributed by atoms with Gasteiger partial charge in [0, 0.05) is 25.9 Å². The fraction of sp³-hybridized carbons (Fsp3) is 0.429. The summed E-state index contributed by atoms with van der Waals surface area (Å²) in [7, 11) is 0. The van der Waals surface area contributed by atoms with Gasteiger partial charge in [-0.3, -0.25) is 4.79 Å². The fourth-order valence-corrected chi connectivity index (χ4v) is 2.52. The maximum absolute atomic E-state index is 13.5. The van der Waals surface area contributed by atoms with Gasteiger partial charge in [-0.1, -0.05) is 6.07 Å². The first kappa shape index (κ1) is 13.1. The van der Waals surface area contributed by atoms with Gasteiger partial charge in [0.1, 0.15) is 11.3 Å². The number of carbonyl (C=O) groups is 1. The smallest absolute Gasteiger partial charge is 0.223 e. The number of H-pyrrole nitrogens is 1. The molecule has 1 atom stereocenters. The van der Waals surface area contributed by atoms with Crippen LogP contribution < -0.4 is 0 Å². The third-order valence-corrected chi connectivity index (χ3v) is 3.60. The highest BCUT2D eigenvalue weighted by Crippen LogP contribution is 2.16. The van der Waals surface area contributed by atoms with Gasteiger partial charge in [0.15, 0.2) is 5.82 Å². The van der Waals surface area contributed by atoms with E-state index in [-0.39, 0.29) is 11.7 Å². The van der Waals surface area contributed by atoms with Crippen LogP contribution in [0.3, 0.4) is 0 Å². The van der Waals surface area contributed by atoms with Crippen molar-refractivity contribution >= 4 is 16.9 Å². The van der Waals surface area contributed by atoms with E-state index in [1.165, 1.54) is 6.07 Å². The zero-order chi connectivity index (χ0) is 14.1. The second-order valence-corrected chi connectivity index (χ2v) is 5.10. The van der Waals surface area contributed by atoms with Crippen LogP contribution in [0.5, 0.6) is 0 Å². The number of para-hydroxylation sites is 1. The van der Waals surface area contributed by atoms with Gasteiger partial charge in [0.2, 0.25) is 5.91 Å². The molecule has 2 aromatic rings. The molecule has 0 saturated carbocycles. The van der Waals surface area contributed by atoms with Crippen LogP contribution in [0.2, 0.25) is 0 Å². The van der Waals surface area contributed by atoms with Crippen LogP contribution in [0.4, 0.5) is 4.39 Å². The number of nitrogens with zero attached hydrogens (tertiary/aromatic N) is 2. The summed E-state index contributed by atoms with van der Waals surface area (Å²) >= 11 is 0. The minimum absolute atomic E-state index is 0.00229. The number of likely N-dealkylation sites (tertiary alicyclic amines) is 1. The molecule has 0 aliphatic carbocycles. The van der Waals surface area contributed by atoms with Crippen LogP contribution in [0.1, 0.15) is 18.7 Å². The first-order chi connectivity index (χ1) is 9.63. The summed E-state index contributed by atoms with van der Waals surface area (Å²) in [6.45, 7) is 1.02. The number of aromatic nitrogens is 2. The highest BCUT2D eigenvalue weighted by molar-refractivity contribution is 5.78. The van der Waals surface area contributed by atoms with E-state index in [0.717, 1.165) is 0 Å². The van der Waals surface area contributed by atoms with E-state index in [2.05, 4.69) is 9.97 Å². The number of benzene rings is 1. The zero-order valence-corrected chi connectivity index (χ0v) is 11.0. The van der Waals surface area contributed by atoms with Gasteiger partial charge < -0.3 is 15.0 Å². The van der Waals surface area contributed by atoms with Crippen molar-refractivity contribution in [2.75, 3.05) is 13.1 Å². The van der Waals surface area contributed by atoms with Crippen LogP contribution in [0, 0.1) is 5.82 Å². The Morgan fingerprint density at radius 3 is 3.10 bits per heavy atom. The summed E-state index contributed by atoms with van der Waals surface area (Å²) in [6.07, 6.45) is 0.995. The first-order valence-electron chi connectivity index (χ1n) is 6.72. The highest BCUT2D eigenvalue weighted by atomic mass is 19.1. The molecule has 0 bridgehead atoms. The number of halogens is 1. The number of rotatable bonds is 3. The molecule has 106 valence electrons. The number of β-amino-alcohol motifs (C(OH)–C–C–N with tert-alkyl or cyclic N) is 1. The standard InChI is InChI=1S/C14H16FN3O2/c15-10-2-1-3-11-14(10)17-12(16-11)4-5-13(20)18-7-6-9(19)8-18/h1-3,9,19H,4-8H2,(H,16,17)/t9-/m1/s1. The lowest BCUT2D eigenvalue weighted by molar-refractivity contribution is -0.130. The molecule has 1 amide bonds. The third-order valence-electron chi connectivity index (χ3n) is 3.60. The largest absolute Gasteiger partial charge is 0.391 e. The van der Waals surface area contributed by atoms with Gasteiger partial charge in [-0.2, -0.15) is 0 Å². The molecule has 0 spiro atoms. The summed E-state index contributed by atoms with van der Waals surface area (Å²) in [5.41, 5.74) is 0.954. The molecule has 2 heterocycles. The van der Waals surface area contributed by atoms with Crippen LogP contribution in [-0.2, 0) is 11.2 Å². The van der Waals surface area contributed by atoms with Crippen LogP contribution in [-0.4, -0.2) is 45.1 Å². The number of imidazole rings is 1. The SMILES string of the molecule is O=C(CCc1nc2c(F)cccc2[nH]1)N1CC[C@@H](O)C1. The fourth-order valence-electron chi connectivity index (χ4n) is 2.52. The molecule has 0 unspecified atom stereocenters. The summed E-state index contributed by atoms with van der Waals surface area (Å²) in [5.74, 6) is 0.250. The molecule has 3 rings (SSSR count). The second-order valence-electron chi connectivity index (χ2n) is 5.10.